The maximum absolute atomic E-state index is 14.6. The van der Waals surface area contributed by atoms with E-state index >= 15 is 0 Å². The number of aryl methyl sites for hydroxylation is 2. The van der Waals surface area contributed by atoms with Crippen molar-refractivity contribution in [3.63, 3.8) is 0 Å². The summed E-state index contributed by atoms with van der Waals surface area (Å²) in [6.07, 6.45) is 2.04. The van der Waals surface area contributed by atoms with E-state index in [4.69, 9.17) is 9.05 Å². The maximum Gasteiger partial charge on any atom is 0.439 e. The van der Waals surface area contributed by atoms with Gasteiger partial charge in [-0.15, -0.1) is 4.20 Å². The topological polar surface area (TPSA) is 18.5 Å². The van der Waals surface area contributed by atoms with Crippen LogP contribution in [-0.4, -0.2) is 0 Å². The zero-order chi connectivity index (χ0) is 21.3. The molecule has 0 saturated heterocycles. The summed E-state index contributed by atoms with van der Waals surface area (Å²) in [4.78, 5) is 0. The van der Waals surface area contributed by atoms with Crippen molar-refractivity contribution in [3.8, 4) is 5.75 Å². The predicted octanol–water partition coefficient (Wildman–Crippen LogP) is 7.96. The van der Waals surface area contributed by atoms with Gasteiger partial charge in [-0.3, -0.25) is 4.52 Å². The lowest BCUT2D eigenvalue weighted by Crippen LogP contribution is -2.08. The van der Waals surface area contributed by atoms with E-state index in [0.29, 0.717) is 17.6 Å². The van der Waals surface area contributed by atoms with Crippen molar-refractivity contribution >= 4 is 8.69 Å². The first kappa shape index (κ1) is 22.2. The molecule has 158 valence electrons. The number of halogens is 1. The van der Waals surface area contributed by atoms with E-state index in [9.17, 15) is 4.20 Å². The van der Waals surface area contributed by atoms with Gasteiger partial charge in [-0.1, -0.05) is 58.9 Å². The molecule has 2 aromatic rings. The van der Waals surface area contributed by atoms with Crippen LogP contribution in [0.2, 0.25) is 0 Å². The Morgan fingerprint density at radius 3 is 2.07 bits per heavy atom. The van der Waals surface area contributed by atoms with Gasteiger partial charge >= 0.3 is 8.69 Å². The van der Waals surface area contributed by atoms with Crippen LogP contribution in [0.5, 0.6) is 5.75 Å². The van der Waals surface area contributed by atoms with Gasteiger partial charge in [0.25, 0.3) is 0 Å². The molecule has 4 heteroatoms. The summed E-state index contributed by atoms with van der Waals surface area (Å²) in [6, 6.07) is 8.88. The largest absolute Gasteiger partial charge is 0.439 e. The lowest BCUT2D eigenvalue weighted by Gasteiger charge is -2.22. The predicted molar refractivity (Wildman–Crippen MR) is 120 cm³/mol. The normalized spacial score (nSPS) is 19.2. The van der Waals surface area contributed by atoms with Crippen molar-refractivity contribution in [3.05, 3.63) is 63.2 Å². The Labute approximate surface area is 176 Å². The summed E-state index contributed by atoms with van der Waals surface area (Å²) in [6.45, 7) is 15.5. The Kier molecular flexibility index (Phi) is 7.02. The highest BCUT2D eigenvalue weighted by atomic mass is 31.2. The van der Waals surface area contributed by atoms with Crippen LogP contribution in [0, 0.1) is 25.7 Å². The van der Waals surface area contributed by atoms with E-state index in [1.807, 2.05) is 6.92 Å². The van der Waals surface area contributed by atoms with Gasteiger partial charge in [0, 0.05) is 11.5 Å². The molecule has 0 fully saturated rings. The fraction of sp³-hybridized carbons (Fsp3) is 0.520. The highest BCUT2D eigenvalue weighted by Crippen LogP contribution is 2.49. The van der Waals surface area contributed by atoms with Gasteiger partial charge in [0.05, 0.1) is 6.61 Å². The number of hydrogen-bond acceptors (Lipinski definition) is 2. The summed E-state index contributed by atoms with van der Waals surface area (Å²) in [7, 11) is -2.46. The van der Waals surface area contributed by atoms with Gasteiger partial charge in [-0.2, -0.15) is 0 Å². The molecule has 0 amide bonds. The Morgan fingerprint density at radius 2 is 1.48 bits per heavy atom. The van der Waals surface area contributed by atoms with Crippen LogP contribution < -0.4 is 4.52 Å². The average Bonchev–Trinajstić information content (AvgIpc) is 2.64. The quantitative estimate of drug-likeness (QED) is 0.471. The molecule has 2 nitrogen and oxygen atoms in total. The first-order chi connectivity index (χ1) is 13.7. The zero-order valence-electron chi connectivity index (χ0n) is 18.8. The molecule has 2 aromatic carbocycles. The number of benzene rings is 2. The molecule has 3 rings (SSSR count). The van der Waals surface area contributed by atoms with Gasteiger partial charge in [-0.25, -0.2) is 0 Å². The molecule has 0 bridgehead atoms. The molecule has 29 heavy (non-hydrogen) atoms. The number of fused-ring (bicyclic) bond motifs is 2. The Hall–Kier alpha value is -1.44. The highest BCUT2D eigenvalue weighted by molar-refractivity contribution is 7.41. The van der Waals surface area contributed by atoms with E-state index in [2.05, 4.69) is 65.8 Å². The van der Waals surface area contributed by atoms with Crippen LogP contribution in [0.3, 0.4) is 0 Å². The fourth-order valence-electron chi connectivity index (χ4n) is 4.39. The lowest BCUT2D eigenvalue weighted by atomic mass is 9.83. The Morgan fingerprint density at radius 1 is 0.931 bits per heavy atom. The Bertz CT molecular complexity index is 876. The molecule has 2 atom stereocenters. The monoisotopic (exact) mass is 416 g/mol. The van der Waals surface area contributed by atoms with E-state index in [1.165, 1.54) is 22.3 Å². The van der Waals surface area contributed by atoms with Crippen molar-refractivity contribution < 1.29 is 13.2 Å². The van der Waals surface area contributed by atoms with Crippen LogP contribution in [0.15, 0.2) is 24.3 Å². The molecule has 0 radical (unpaired) electrons. The third-order valence-electron chi connectivity index (χ3n) is 5.62. The van der Waals surface area contributed by atoms with Crippen LogP contribution in [0.25, 0.3) is 0 Å². The van der Waals surface area contributed by atoms with Crippen LogP contribution in [-0.2, 0) is 24.0 Å². The summed E-state index contributed by atoms with van der Waals surface area (Å²) in [5, 5.41) is 0. The van der Waals surface area contributed by atoms with Crippen molar-refractivity contribution in [2.24, 2.45) is 11.8 Å². The van der Waals surface area contributed by atoms with E-state index < -0.39 is 8.69 Å². The van der Waals surface area contributed by atoms with Crippen LogP contribution in [0.4, 0.5) is 4.20 Å². The molecule has 0 aliphatic carbocycles. The van der Waals surface area contributed by atoms with Crippen LogP contribution >= 0.6 is 8.69 Å². The second-order valence-electron chi connectivity index (χ2n) is 9.31. The smallest absolute Gasteiger partial charge is 0.423 e. The minimum Gasteiger partial charge on any atom is -0.423 e. The maximum atomic E-state index is 14.6. The number of hydrogen-bond donors (Lipinski definition) is 0. The molecular formula is C25H34FO2P. The molecule has 1 aliphatic rings. The third kappa shape index (κ3) is 5.19. The van der Waals surface area contributed by atoms with Crippen molar-refractivity contribution in [1.29, 1.82) is 0 Å². The molecule has 0 saturated carbocycles. The van der Waals surface area contributed by atoms with Crippen molar-refractivity contribution in [2.75, 3.05) is 0 Å². The molecule has 1 aliphatic heterocycles. The molecule has 0 N–H and O–H groups in total. The average molecular weight is 417 g/mol. The minimum atomic E-state index is -2.46. The second kappa shape index (κ2) is 9.14. The first-order valence-corrected chi connectivity index (χ1v) is 11.7. The van der Waals surface area contributed by atoms with Gasteiger partial charge in [-0.05, 0) is 71.9 Å². The minimum absolute atomic E-state index is 0.113. The van der Waals surface area contributed by atoms with E-state index in [0.717, 1.165) is 29.5 Å². The van der Waals surface area contributed by atoms with Crippen LogP contribution in [0.1, 0.15) is 79.5 Å². The second-order valence-corrected chi connectivity index (χ2v) is 10.2. The third-order valence-corrected chi connectivity index (χ3v) is 6.28. The van der Waals surface area contributed by atoms with Gasteiger partial charge in [0.2, 0.25) is 0 Å². The summed E-state index contributed by atoms with van der Waals surface area (Å²) < 4.78 is 25.8. The first-order valence-electron chi connectivity index (χ1n) is 10.7. The van der Waals surface area contributed by atoms with E-state index in [1.54, 1.807) is 0 Å². The molecule has 1 heterocycles. The molecule has 0 aromatic heterocycles. The van der Waals surface area contributed by atoms with Gasteiger partial charge < -0.3 is 4.52 Å². The Balaban J connectivity index is 2.18. The summed E-state index contributed by atoms with van der Waals surface area (Å²) in [5.41, 5.74) is 8.17. The standard InChI is InChI=1S/C25H34FO2P/c1-15(2)8-20-10-17(5)24-14-27-29(26)28-25-18(6)11-21(9-16(3)4)13-23(25)19(7)22(24)12-20/h10-13,15-16,19H,8-9,14H2,1-7H3. The number of rotatable bonds is 4. The SMILES string of the molecule is Cc1cc(CC(C)C)cc2c1COP(F)Oc1c(C)cc(CC(C)C)cc1C2C. The van der Waals surface area contributed by atoms with Crippen molar-refractivity contribution in [2.45, 2.75) is 73.8 Å². The van der Waals surface area contributed by atoms with Crippen molar-refractivity contribution in [1.82, 2.24) is 0 Å². The molecular weight excluding hydrogens is 382 g/mol. The molecule has 2 unspecified atom stereocenters. The summed E-state index contributed by atoms with van der Waals surface area (Å²) in [5.74, 6) is 1.92. The fourth-order valence-corrected chi connectivity index (χ4v) is 5.07. The summed E-state index contributed by atoms with van der Waals surface area (Å²) >= 11 is 0. The van der Waals surface area contributed by atoms with E-state index in [-0.39, 0.29) is 12.5 Å². The lowest BCUT2D eigenvalue weighted by molar-refractivity contribution is 0.276. The van der Waals surface area contributed by atoms with Gasteiger partial charge in [0.15, 0.2) is 0 Å². The zero-order valence-corrected chi connectivity index (χ0v) is 19.7. The molecule has 0 spiro atoms. The highest BCUT2D eigenvalue weighted by Gasteiger charge is 2.27. The van der Waals surface area contributed by atoms with Gasteiger partial charge in [0.1, 0.15) is 5.75 Å².